The van der Waals surface area contributed by atoms with Crippen LogP contribution in [0.4, 0.5) is 0 Å². The van der Waals surface area contributed by atoms with Gasteiger partial charge in [0.2, 0.25) is 0 Å². The lowest BCUT2D eigenvalue weighted by atomic mass is 10.1. The van der Waals surface area contributed by atoms with Gasteiger partial charge >= 0.3 is 0 Å². The van der Waals surface area contributed by atoms with Crippen LogP contribution in [0.5, 0.6) is 0 Å². The Hall–Kier alpha value is -2.03. The third-order valence-electron chi connectivity index (χ3n) is 3.12. The summed E-state index contributed by atoms with van der Waals surface area (Å²) in [5.74, 6) is -0.0573. The van der Waals surface area contributed by atoms with Crippen molar-refractivity contribution in [3.05, 3.63) is 47.2 Å². The van der Waals surface area contributed by atoms with Gasteiger partial charge in [-0.25, -0.2) is 0 Å². The van der Waals surface area contributed by atoms with E-state index in [0.717, 1.165) is 22.2 Å². The molecule has 3 heteroatoms. The molecule has 2 rings (SSSR count). The zero-order chi connectivity index (χ0) is 13.3. The first-order chi connectivity index (χ1) is 8.49. The number of hydrogen-bond donors (Lipinski definition) is 2. The highest BCUT2D eigenvalue weighted by Crippen LogP contribution is 2.22. The predicted octanol–water partition coefficient (Wildman–Crippen LogP) is 3.09. The van der Waals surface area contributed by atoms with E-state index < -0.39 is 0 Å². The van der Waals surface area contributed by atoms with Crippen molar-refractivity contribution in [1.82, 2.24) is 10.3 Å². The Labute approximate surface area is 107 Å². The molecule has 2 aromatic rings. The van der Waals surface area contributed by atoms with Crippen LogP contribution in [0.3, 0.4) is 0 Å². The van der Waals surface area contributed by atoms with E-state index in [1.54, 1.807) is 0 Å². The molecule has 0 fully saturated rings. The van der Waals surface area contributed by atoms with Gasteiger partial charge in [-0.2, -0.15) is 0 Å². The van der Waals surface area contributed by atoms with Gasteiger partial charge in [0.1, 0.15) is 0 Å². The number of aromatic nitrogens is 1. The van der Waals surface area contributed by atoms with Crippen LogP contribution in [-0.4, -0.2) is 17.4 Å². The van der Waals surface area contributed by atoms with Crippen molar-refractivity contribution in [2.24, 2.45) is 0 Å². The van der Waals surface area contributed by atoms with E-state index in [4.69, 9.17) is 0 Å². The number of benzene rings is 1. The van der Waals surface area contributed by atoms with Gasteiger partial charge in [-0.15, -0.1) is 0 Å². The highest BCUT2D eigenvalue weighted by molar-refractivity contribution is 5.99. The summed E-state index contributed by atoms with van der Waals surface area (Å²) in [5, 5.41) is 3.95. The van der Waals surface area contributed by atoms with Gasteiger partial charge in [-0.1, -0.05) is 12.2 Å². The van der Waals surface area contributed by atoms with E-state index in [9.17, 15) is 4.79 Å². The fourth-order valence-electron chi connectivity index (χ4n) is 1.94. The molecule has 0 aliphatic carbocycles. The van der Waals surface area contributed by atoms with E-state index >= 15 is 0 Å². The van der Waals surface area contributed by atoms with Crippen molar-refractivity contribution >= 4 is 16.8 Å². The van der Waals surface area contributed by atoms with Crippen LogP contribution in [0, 0.1) is 13.8 Å². The summed E-state index contributed by atoms with van der Waals surface area (Å²) < 4.78 is 0. The van der Waals surface area contributed by atoms with Crippen molar-refractivity contribution in [1.29, 1.82) is 0 Å². The molecular weight excluding hydrogens is 224 g/mol. The number of rotatable bonds is 3. The molecule has 0 saturated carbocycles. The molecule has 0 atom stereocenters. The number of hydrogen-bond acceptors (Lipinski definition) is 1. The number of aromatic amines is 1. The van der Waals surface area contributed by atoms with Gasteiger partial charge in [0.25, 0.3) is 5.91 Å². The normalized spacial score (nSPS) is 10.6. The number of carbonyl (C=O) groups is 1. The molecule has 3 nitrogen and oxygen atoms in total. The molecule has 0 radical (unpaired) electrons. The minimum absolute atomic E-state index is 0.0573. The summed E-state index contributed by atoms with van der Waals surface area (Å²) in [6.45, 7) is 10.3. The number of amides is 1. The Morgan fingerprint density at radius 1 is 1.39 bits per heavy atom. The first-order valence-corrected chi connectivity index (χ1v) is 6.00. The third-order valence-corrected chi connectivity index (χ3v) is 3.12. The first-order valence-electron chi connectivity index (χ1n) is 6.00. The first kappa shape index (κ1) is 12.4. The number of nitrogens with one attached hydrogen (secondary N) is 2. The lowest BCUT2D eigenvalue weighted by Crippen LogP contribution is -2.24. The van der Waals surface area contributed by atoms with Crippen molar-refractivity contribution in [3.8, 4) is 0 Å². The molecule has 1 aromatic carbocycles. The van der Waals surface area contributed by atoms with Gasteiger partial charge in [-0.3, -0.25) is 4.79 Å². The SMILES string of the molecule is C=C(C)CNC(=O)c1ccc2[nH]c(C)c(C)c2c1. The lowest BCUT2D eigenvalue weighted by Gasteiger charge is -2.05. The predicted molar refractivity (Wildman–Crippen MR) is 74.9 cm³/mol. The quantitative estimate of drug-likeness (QED) is 0.798. The van der Waals surface area contributed by atoms with Crippen LogP contribution in [0.25, 0.3) is 10.9 Å². The Kier molecular flexibility index (Phi) is 3.24. The van der Waals surface area contributed by atoms with E-state index in [2.05, 4.69) is 23.8 Å². The third kappa shape index (κ3) is 2.30. The zero-order valence-corrected chi connectivity index (χ0v) is 11.1. The van der Waals surface area contributed by atoms with Crippen LogP contribution in [0.1, 0.15) is 28.5 Å². The maximum absolute atomic E-state index is 11.9. The van der Waals surface area contributed by atoms with E-state index in [-0.39, 0.29) is 5.91 Å². The van der Waals surface area contributed by atoms with Gasteiger partial charge in [0, 0.05) is 28.7 Å². The molecule has 0 saturated heterocycles. The van der Waals surface area contributed by atoms with Gasteiger partial charge in [0.05, 0.1) is 0 Å². The summed E-state index contributed by atoms with van der Waals surface area (Å²) in [6.07, 6.45) is 0. The molecule has 0 spiro atoms. The van der Waals surface area contributed by atoms with Gasteiger partial charge in [0.15, 0.2) is 0 Å². The topological polar surface area (TPSA) is 44.9 Å². The van der Waals surface area contributed by atoms with Crippen LogP contribution in [-0.2, 0) is 0 Å². The Bertz CT molecular complexity index is 623. The summed E-state index contributed by atoms with van der Waals surface area (Å²) in [5.41, 5.74) is 5.04. The zero-order valence-electron chi connectivity index (χ0n) is 11.1. The molecule has 1 aromatic heterocycles. The second kappa shape index (κ2) is 4.69. The molecule has 2 N–H and O–H groups in total. The average molecular weight is 242 g/mol. The molecular formula is C15H18N2O. The highest BCUT2D eigenvalue weighted by atomic mass is 16.1. The van der Waals surface area contributed by atoms with Crippen molar-refractivity contribution in [3.63, 3.8) is 0 Å². The second-order valence-electron chi connectivity index (χ2n) is 4.78. The lowest BCUT2D eigenvalue weighted by molar-refractivity contribution is 0.0957. The smallest absolute Gasteiger partial charge is 0.251 e. The summed E-state index contributed by atoms with van der Waals surface area (Å²) in [4.78, 5) is 15.2. The molecule has 1 amide bonds. The molecule has 0 unspecified atom stereocenters. The summed E-state index contributed by atoms with van der Waals surface area (Å²) in [7, 11) is 0. The molecule has 94 valence electrons. The van der Waals surface area contributed by atoms with Crippen molar-refractivity contribution in [2.45, 2.75) is 20.8 Å². The Morgan fingerprint density at radius 3 is 2.78 bits per heavy atom. The molecule has 0 aliphatic heterocycles. The van der Waals surface area contributed by atoms with Crippen LogP contribution < -0.4 is 5.32 Å². The Balaban J connectivity index is 2.32. The second-order valence-corrected chi connectivity index (χ2v) is 4.78. The number of H-pyrrole nitrogens is 1. The molecule has 18 heavy (non-hydrogen) atoms. The van der Waals surface area contributed by atoms with Crippen LogP contribution in [0.15, 0.2) is 30.4 Å². The Morgan fingerprint density at radius 2 is 2.11 bits per heavy atom. The standard InChI is InChI=1S/C15H18N2O/c1-9(2)8-16-15(18)12-5-6-14-13(7-12)10(3)11(4)17-14/h5-7,17H,1,8H2,2-4H3,(H,16,18). The maximum Gasteiger partial charge on any atom is 0.251 e. The fraction of sp³-hybridized carbons (Fsp3) is 0.267. The molecule has 0 bridgehead atoms. The van der Waals surface area contributed by atoms with E-state index in [0.29, 0.717) is 12.1 Å². The molecule has 0 aliphatic rings. The largest absolute Gasteiger partial charge is 0.358 e. The summed E-state index contributed by atoms with van der Waals surface area (Å²) >= 11 is 0. The minimum atomic E-state index is -0.0573. The fourth-order valence-corrected chi connectivity index (χ4v) is 1.94. The van der Waals surface area contributed by atoms with Crippen LogP contribution in [0.2, 0.25) is 0 Å². The maximum atomic E-state index is 11.9. The van der Waals surface area contributed by atoms with E-state index in [1.807, 2.05) is 32.0 Å². The number of carbonyl (C=O) groups excluding carboxylic acids is 1. The van der Waals surface area contributed by atoms with Gasteiger partial charge < -0.3 is 10.3 Å². The monoisotopic (exact) mass is 242 g/mol. The van der Waals surface area contributed by atoms with Gasteiger partial charge in [-0.05, 0) is 44.5 Å². The molecule has 1 heterocycles. The summed E-state index contributed by atoms with van der Waals surface area (Å²) in [6, 6.07) is 5.72. The minimum Gasteiger partial charge on any atom is -0.358 e. The van der Waals surface area contributed by atoms with E-state index in [1.165, 1.54) is 5.56 Å². The highest BCUT2D eigenvalue weighted by Gasteiger charge is 2.09. The van der Waals surface area contributed by atoms with Crippen LogP contribution >= 0.6 is 0 Å². The number of aryl methyl sites for hydroxylation is 2. The van der Waals surface area contributed by atoms with Crippen molar-refractivity contribution in [2.75, 3.05) is 6.54 Å². The van der Waals surface area contributed by atoms with Crippen molar-refractivity contribution < 1.29 is 4.79 Å². The average Bonchev–Trinajstić information content (AvgIpc) is 2.62. The number of fused-ring (bicyclic) bond motifs is 1.